The Morgan fingerprint density at radius 2 is 1.85 bits per heavy atom. The van der Waals surface area contributed by atoms with Gasteiger partial charge in [-0.15, -0.1) is 0 Å². The first kappa shape index (κ1) is 12.0. The summed E-state index contributed by atoms with van der Waals surface area (Å²) in [6, 6.07) is 8.22. The molecule has 0 saturated carbocycles. The fourth-order valence-electron chi connectivity index (χ4n) is 1.02. The Morgan fingerprint density at radius 3 is 2.38 bits per heavy atom. The fourth-order valence-corrected chi connectivity index (χ4v) is 1.02. The highest BCUT2D eigenvalue weighted by molar-refractivity contribution is 5.28. The zero-order valence-corrected chi connectivity index (χ0v) is 9.13. The quantitative estimate of drug-likeness (QED) is 0.689. The van der Waals surface area contributed by atoms with E-state index < -0.39 is 0 Å². The maximum atomic E-state index is 5.35. The normalized spacial score (nSPS) is 8.62. The van der Waals surface area contributed by atoms with E-state index in [1.165, 1.54) is 5.56 Å². The molecule has 0 unspecified atom stereocenters. The first-order valence-electron chi connectivity index (χ1n) is 5.08. The van der Waals surface area contributed by atoms with E-state index in [0.29, 0.717) is 0 Å². The van der Waals surface area contributed by atoms with Crippen molar-refractivity contribution < 1.29 is 4.74 Å². The molecule has 0 spiro atoms. The van der Waals surface area contributed by atoms with Crippen LogP contribution in [0.25, 0.3) is 0 Å². The molecule has 1 rings (SSSR count). The predicted octanol–water partition coefficient (Wildman–Crippen LogP) is 3.67. The summed E-state index contributed by atoms with van der Waals surface area (Å²) in [5, 5.41) is 0. The third-order valence-corrected chi connectivity index (χ3v) is 1.62. The Morgan fingerprint density at radius 1 is 1.15 bits per heavy atom. The van der Waals surface area contributed by atoms with Gasteiger partial charge in [-0.3, -0.25) is 0 Å². The van der Waals surface area contributed by atoms with Gasteiger partial charge < -0.3 is 4.74 Å². The Balaban J connectivity index is 0.000000671. The van der Waals surface area contributed by atoms with Crippen LogP contribution in [-0.2, 0) is 6.42 Å². The van der Waals surface area contributed by atoms with Crippen molar-refractivity contribution in [2.45, 2.75) is 34.1 Å². The SMILES string of the molecule is CC.CCOc1cccc(CC)c1. The van der Waals surface area contributed by atoms with Gasteiger partial charge in [-0.2, -0.15) is 0 Å². The highest BCUT2D eigenvalue weighted by Crippen LogP contribution is 2.12. The number of hydrogen-bond acceptors (Lipinski definition) is 1. The van der Waals surface area contributed by atoms with E-state index in [-0.39, 0.29) is 0 Å². The summed E-state index contributed by atoms with van der Waals surface area (Å²) in [6.45, 7) is 8.89. The van der Waals surface area contributed by atoms with Crippen LogP contribution in [0.3, 0.4) is 0 Å². The summed E-state index contributed by atoms with van der Waals surface area (Å²) >= 11 is 0. The molecule has 0 aliphatic heterocycles. The van der Waals surface area contributed by atoms with Crippen molar-refractivity contribution in [2.75, 3.05) is 6.61 Å². The van der Waals surface area contributed by atoms with E-state index >= 15 is 0 Å². The molecular weight excluding hydrogens is 160 g/mol. The summed E-state index contributed by atoms with van der Waals surface area (Å²) in [6.07, 6.45) is 1.07. The average molecular weight is 180 g/mol. The van der Waals surface area contributed by atoms with Crippen LogP contribution in [0.1, 0.15) is 33.3 Å². The van der Waals surface area contributed by atoms with Crippen LogP contribution in [-0.4, -0.2) is 6.61 Å². The Kier molecular flexibility index (Phi) is 7.08. The van der Waals surface area contributed by atoms with Crippen molar-refractivity contribution in [3.05, 3.63) is 29.8 Å². The lowest BCUT2D eigenvalue weighted by Crippen LogP contribution is -1.91. The lowest BCUT2D eigenvalue weighted by Gasteiger charge is -2.03. The largest absolute Gasteiger partial charge is 0.494 e. The van der Waals surface area contributed by atoms with Gasteiger partial charge in [0.25, 0.3) is 0 Å². The van der Waals surface area contributed by atoms with E-state index in [4.69, 9.17) is 4.74 Å². The van der Waals surface area contributed by atoms with Gasteiger partial charge >= 0.3 is 0 Å². The molecule has 0 amide bonds. The van der Waals surface area contributed by atoms with Gasteiger partial charge in [-0.25, -0.2) is 0 Å². The predicted molar refractivity (Wildman–Crippen MR) is 58.3 cm³/mol. The third-order valence-electron chi connectivity index (χ3n) is 1.62. The second kappa shape index (κ2) is 7.66. The summed E-state index contributed by atoms with van der Waals surface area (Å²) in [7, 11) is 0. The van der Waals surface area contributed by atoms with E-state index in [1.54, 1.807) is 0 Å². The minimum absolute atomic E-state index is 0.743. The monoisotopic (exact) mass is 180 g/mol. The van der Waals surface area contributed by atoms with Crippen LogP contribution >= 0.6 is 0 Å². The zero-order valence-electron chi connectivity index (χ0n) is 9.13. The van der Waals surface area contributed by atoms with Gasteiger partial charge in [0.15, 0.2) is 0 Å². The van der Waals surface area contributed by atoms with Crippen LogP contribution in [0.5, 0.6) is 5.75 Å². The molecule has 1 aromatic rings. The van der Waals surface area contributed by atoms with Gasteiger partial charge in [0.05, 0.1) is 6.61 Å². The Hall–Kier alpha value is -0.980. The number of hydrogen-bond donors (Lipinski definition) is 0. The molecular formula is C12H20O. The molecule has 1 heteroatoms. The van der Waals surface area contributed by atoms with E-state index in [9.17, 15) is 0 Å². The number of ether oxygens (including phenoxy) is 1. The van der Waals surface area contributed by atoms with E-state index in [1.807, 2.05) is 32.9 Å². The molecule has 0 fully saturated rings. The summed E-state index contributed by atoms with van der Waals surface area (Å²) in [5.41, 5.74) is 1.33. The van der Waals surface area contributed by atoms with Gasteiger partial charge in [0.2, 0.25) is 0 Å². The zero-order chi connectivity index (χ0) is 10.1. The van der Waals surface area contributed by atoms with Gasteiger partial charge in [0, 0.05) is 0 Å². The van der Waals surface area contributed by atoms with Gasteiger partial charge in [0.1, 0.15) is 5.75 Å². The van der Waals surface area contributed by atoms with Crippen molar-refractivity contribution in [3.8, 4) is 5.75 Å². The number of rotatable bonds is 3. The molecule has 13 heavy (non-hydrogen) atoms. The standard InChI is InChI=1S/C10H14O.C2H6/c1-3-9-6-5-7-10(8-9)11-4-2;1-2/h5-8H,3-4H2,1-2H3;1-2H3. The highest BCUT2D eigenvalue weighted by Gasteiger charge is 1.92. The summed E-state index contributed by atoms with van der Waals surface area (Å²) in [4.78, 5) is 0. The lowest BCUT2D eigenvalue weighted by molar-refractivity contribution is 0.340. The van der Waals surface area contributed by atoms with E-state index in [2.05, 4.69) is 19.1 Å². The molecule has 74 valence electrons. The maximum absolute atomic E-state index is 5.35. The topological polar surface area (TPSA) is 9.23 Å². The average Bonchev–Trinajstić information content (AvgIpc) is 2.22. The van der Waals surface area contributed by atoms with Crippen LogP contribution in [0.2, 0.25) is 0 Å². The molecule has 0 bridgehead atoms. The summed E-state index contributed by atoms with van der Waals surface area (Å²) in [5.74, 6) is 0.979. The lowest BCUT2D eigenvalue weighted by atomic mass is 10.2. The highest BCUT2D eigenvalue weighted by atomic mass is 16.5. The second-order valence-corrected chi connectivity index (χ2v) is 2.43. The molecule has 0 aliphatic carbocycles. The Labute approximate surface area is 81.7 Å². The maximum Gasteiger partial charge on any atom is 0.119 e. The van der Waals surface area contributed by atoms with Gasteiger partial charge in [-0.05, 0) is 31.0 Å². The molecule has 0 N–H and O–H groups in total. The Bertz CT molecular complexity index is 218. The van der Waals surface area contributed by atoms with E-state index in [0.717, 1.165) is 18.8 Å². The molecule has 0 atom stereocenters. The smallest absolute Gasteiger partial charge is 0.119 e. The minimum atomic E-state index is 0.743. The molecule has 1 nitrogen and oxygen atoms in total. The van der Waals surface area contributed by atoms with Gasteiger partial charge in [-0.1, -0.05) is 32.9 Å². The fraction of sp³-hybridized carbons (Fsp3) is 0.500. The minimum Gasteiger partial charge on any atom is -0.494 e. The van der Waals surface area contributed by atoms with Crippen molar-refractivity contribution in [1.29, 1.82) is 0 Å². The number of benzene rings is 1. The molecule has 0 radical (unpaired) electrons. The molecule has 0 aromatic heterocycles. The second-order valence-electron chi connectivity index (χ2n) is 2.43. The van der Waals surface area contributed by atoms with Crippen molar-refractivity contribution >= 4 is 0 Å². The van der Waals surface area contributed by atoms with Crippen LogP contribution in [0.15, 0.2) is 24.3 Å². The number of aryl methyl sites for hydroxylation is 1. The first-order valence-corrected chi connectivity index (χ1v) is 5.08. The summed E-state index contributed by atoms with van der Waals surface area (Å²) < 4.78 is 5.35. The molecule has 0 saturated heterocycles. The van der Waals surface area contributed by atoms with Crippen molar-refractivity contribution in [3.63, 3.8) is 0 Å². The first-order chi connectivity index (χ1) is 6.36. The third kappa shape index (κ3) is 4.56. The van der Waals surface area contributed by atoms with Crippen molar-refractivity contribution in [1.82, 2.24) is 0 Å². The van der Waals surface area contributed by atoms with Crippen molar-refractivity contribution in [2.24, 2.45) is 0 Å². The molecule has 1 aromatic carbocycles. The molecule has 0 aliphatic rings. The van der Waals surface area contributed by atoms with Crippen LogP contribution in [0.4, 0.5) is 0 Å². The molecule has 0 heterocycles. The van der Waals surface area contributed by atoms with Crippen LogP contribution < -0.4 is 4.74 Å². The van der Waals surface area contributed by atoms with Crippen LogP contribution in [0, 0.1) is 0 Å².